The molecule has 6 nitrogen and oxygen atoms in total. The van der Waals surface area contributed by atoms with Gasteiger partial charge in [0, 0.05) is 24.5 Å². The number of hydrogen-bond donors (Lipinski definition) is 1. The maximum absolute atomic E-state index is 12.5. The van der Waals surface area contributed by atoms with E-state index in [1.54, 1.807) is 6.08 Å². The highest BCUT2D eigenvalue weighted by molar-refractivity contribution is 6.09. The summed E-state index contributed by atoms with van der Waals surface area (Å²) >= 11 is 0. The number of anilines is 2. The maximum atomic E-state index is 12.5. The van der Waals surface area contributed by atoms with Crippen LogP contribution in [0.1, 0.15) is 18.9 Å². The predicted octanol–water partition coefficient (Wildman–Crippen LogP) is 3.86. The molecule has 0 radical (unpaired) electrons. The number of rotatable bonds is 7. The number of morpholine rings is 1. The quantitative estimate of drug-likeness (QED) is 0.573. The summed E-state index contributed by atoms with van der Waals surface area (Å²) in [5.41, 5.74) is 2.55. The normalized spacial score (nSPS) is 14.2. The van der Waals surface area contributed by atoms with Crippen LogP contribution in [-0.4, -0.2) is 38.8 Å². The summed E-state index contributed by atoms with van der Waals surface area (Å²) in [6.07, 6.45) is 2.51. The van der Waals surface area contributed by atoms with Crippen LogP contribution in [0.5, 0.6) is 5.75 Å². The van der Waals surface area contributed by atoms with E-state index < -0.39 is 5.91 Å². The first-order valence-corrected chi connectivity index (χ1v) is 9.78. The van der Waals surface area contributed by atoms with Crippen LogP contribution in [0.4, 0.5) is 11.4 Å². The van der Waals surface area contributed by atoms with E-state index in [4.69, 9.17) is 9.47 Å². The van der Waals surface area contributed by atoms with Gasteiger partial charge in [0.1, 0.15) is 17.4 Å². The molecule has 3 rings (SSSR count). The van der Waals surface area contributed by atoms with Gasteiger partial charge in [0.05, 0.1) is 19.8 Å². The molecule has 1 amide bonds. The Morgan fingerprint density at radius 1 is 1.17 bits per heavy atom. The van der Waals surface area contributed by atoms with Crippen molar-refractivity contribution in [2.24, 2.45) is 0 Å². The van der Waals surface area contributed by atoms with Crippen LogP contribution in [0.25, 0.3) is 6.08 Å². The van der Waals surface area contributed by atoms with Gasteiger partial charge in [-0.1, -0.05) is 19.1 Å². The zero-order valence-electron chi connectivity index (χ0n) is 16.6. The monoisotopic (exact) mass is 391 g/mol. The van der Waals surface area contributed by atoms with E-state index in [0.717, 1.165) is 49.7 Å². The van der Waals surface area contributed by atoms with Crippen molar-refractivity contribution in [1.82, 2.24) is 0 Å². The molecule has 2 aromatic rings. The minimum Gasteiger partial charge on any atom is -0.494 e. The van der Waals surface area contributed by atoms with Gasteiger partial charge < -0.3 is 19.7 Å². The second-order valence-corrected chi connectivity index (χ2v) is 6.69. The molecule has 1 fully saturated rings. The van der Waals surface area contributed by atoms with Crippen LogP contribution in [0.3, 0.4) is 0 Å². The topological polar surface area (TPSA) is 74.6 Å². The van der Waals surface area contributed by atoms with Gasteiger partial charge in [0.2, 0.25) is 0 Å². The second-order valence-electron chi connectivity index (χ2n) is 6.69. The lowest BCUT2D eigenvalue weighted by Crippen LogP contribution is -2.36. The van der Waals surface area contributed by atoms with E-state index in [-0.39, 0.29) is 5.57 Å². The number of amides is 1. The summed E-state index contributed by atoms with van der Waals surface area (Å²) in [7, 11) is 0. The number of carbonyl (C=O) groups excluding carboxylic acids is 1. The van der Waals surface area contributed by atoms with Gasteiger partial charge >= 0.3 is 0 Å². The number of carbonyl (C=O) groups is 1. The van der Waals surface area contributed by atoms with E-state index in [9.17, 15) is 10.1 Å². The van der Waals surface area contributed by atoms with Crippen LogP contribution in [0.15, 0.2) is 54.1 Å². The summed E-state index contributed by atoms with van der Waals surface area (Å²) in [6, 6.07) is 16.9. The fourth-order valence-electron chi connectivity index (χ4n) is 2.97. The lowest BCUT2D eigenvalue weighted by atomic mass is 10.1. The summed E-state index contributed by atoms with van der Waals surface area (Å²) in [6.45, 7) is 5.86. The Morgan fingerprint density at radius 3 is 2.48 bits per heavy atom. The molecule has 6 heteroatoms. The van der Waals surface area contributed by atoms with Gasteiger partial charge in [0.15, 0.2) is 0 Å². The van der Waals surface area contributed by atoms with Crippen LogP contribution in [0.2, 0.25) is 0 Å². The van der Waals surface area contributed by atoms with Crippen LogP contribution in [-0.2, 0) is 9.53 Å². The molecule has 1 saturated heterocycles. The molecule has 2 aromatic carbocycles. The van der Waals surface area contributed by atoms with Gasteiger partial charge in [0.25, 0.3) is 5.91 Å². The Balaban J connectivity index is 1.63. The summed E-state index contributed by atoms with van der Waals surface area (Å²) < 4.78 is 10.9. The zero-order chi connectivity index (χ0) is 20.5. The van der Waals surface area contributed by atoms with Crippen molar-refractivity contribution < 1.29 is 14.3 Å². The molecule has 1 aliphatic rings. The van der Waals surface area contributed by atoms with Crippen LogP contribution >= 0.6 is 0 Å². The smallest absolute Gasteiger partial charge is 0.266 e. The summed E-state index contributed by atoms with van der Waals surface area (Å²) in [5, 5.41) is 12.2. The first-order valence-electron chi connectivity index (χ1n) is 9.78. The van der Waals surface area contributed by atoms with Crippen molar-refractivity contribution in [3.8, 4) is 11.8 Å². The lowest BCUT2D eigenvalue weighted by Gasteiger charge is -2.28. The number of hydrogen-bond acceptors (Lipinski definition) is 5. The fraction of sp³-hybridized carbons (Fsp3) is 0.304. The van der Waals surface area contributed by atoms with E-state index in [1.165, 1.54) is 0 Å². The number of nitriles is 1. The molecule has 29 heavy (non-hydrogen) atoms. The molecule has 0 aromatic heterocycles. The molecule has 0 bridgehead atoms. The molecule has 150 valence electrons. The highest BCUT2D eigenvalue weighted by Crippen LogP contribution is 2.20. The van der Waals surface area contributed by atoms with Gasteiger partial charge in [-0.15, -0.1) is 0 Å². The standard InChI is InChI=1S/C23H25N3O3/c1-2-13-29-22-9-3-18(4-10-22)16-19(17-24)23(27)25-20-5-7-21(8-6-20)26-11-14-28-15-12-26/h3-10,16H,2,11-15H2,1H3,(H,25,27)/b19-16+. The predicted molar refractivity (Wildman–Crippen MR) is 114 cm³/mol. The minimum atomic E-state index is -0.432. The van der Waals surface area contributed by atoms with Crippen molar-refractivity contribution in [3.63, 3.8) is 0 Å². The highest BCUT2D eigenvalue weighted by Gasteiger charge is 2.12. The molecule has 0 atom stereocenters. The van der Waals surface area contributed by atoms with E-state index in [1.807, 2.05) is 61.5 Å². The van der Waals surface area contributed by atoms with Crippen molar-refractivity contribution in [1.29, 1.82) is 5.26 Å². The molecule has 1 N–H and O–H groups in total. The maximum Gasteiger partial charge on any atom is 0.266 e. The number of benzene rings is 2. The van der Waals surface area contributed by atoms with E-state index >= 15 is 0 Å². The van der Waals surface area contributed by atoms with Gasteiger partial charge in [-0.25, -0.2) is 0 Å². The Bertz CT molecular complexity index is 877. The van der Waals surface area contributed by atoms with Crippen molar-refractivity contribution >= 4 is 23.4 Å². The Labute approximate surface area is 171 Å². The molecule has 1 aliphatic heterocycles. The largest absolute Gasteiger partial charge is 0.494 e. The van der Waals surface area contributed by atoms with Crippen LogP contribution < -0.4 is 15.0 Å². The van der Waals surface area contributed by atoms with Crippen molar-refractivity contribution in [2.45, 2.75) is 13.3 Å². The highest BCUT2D eigenvalue weighted by atomic mass is 16.5. The van der Waals surface area contributed by atoms with Crippen molar-refractivity contribution in [2.75, 3.05) is 43.1 Å². The average molecular weight is 391 g/mol. The molecule has 0 spiro atoms. The minimum absolute atomic E-state index is 0.0458. The molecule has 1 heterocycles. The first kappa shape index (κ1) is 20.4. The SMILES string of the molecule is CCCOc1ccc(/C=C(\C#N)C(=O)Nc2ccc(N3CCOCC3)cc2)cc1. The third-order valence-electron chi connectivity index (χ3n) is 4.53. The third-order valence-corrected chi connectivity index (χ3v) is 4.53. The number of nitrogens with one attached hydrogen (secondary N) is 1. The third kappa shape index (κ3) is 5.84. The Kier molecular flexibility index (Phi) is 7.26. The first-order chi connectivity index (χ1) is 14.2. The molecular weight excluding hydrogens is 366 g/mol. The summed E-state index contributed by atoms with van der Waals surface area (Å²) in [4.78, 5) is 14.7. The lowest BCUT2D eigenvalue weighted by molar-refractivity contribution is -0.112. The van der Waals surface area contributed by atoms with Crippen LogP contribution in [0, 0.1) is 11.3 Å². The fourth-order valence-corrected chi connectivity index (χ4v) is 2.97. The number of nitrogens with zero attached hydrogens (tertiary/aromatic N) is 2. The zero-order valence-corrected chi connectivity index (χ0v) is 16.6. The summed E-state index contributed by atoms with van der Waals surface area (Å²) in [5.74, 6) is 0.338. The molecular formula is C23H25N3O3. The molecule has 0 unspecified atom stereocenters. The Morgan fingerprint density at radius 2 is 1.86 bits per heavy atom. The molecule has 0 aliphatic carbocycles. The van der Waals surface area contributed by atoms with Crippen molar-refractivity contribution in [3.05, 3.63) is 59.7 Å². The van der Waals surface area contributed by atoms with Gasteiger partial charge in [-0.3, -0.25) is 4.79 Å². The van der Waals surface area contributed by atoms with Gasteiger partial charge in [-0.05, 0) is 54.5 Å². The second kappa shape index (κ2) is 10.3. The Hall–Kier alpha value is -3.30. The average Bonchev–Trinajstić information content (AvgIpc) is 2.78. The molecule has 0 saturated carbocycles. The van der Waals surface area contributed by atoms with E-state index in [2.05, 4.69) is 10.2 Å². The van der Waals surface area contributed by atoms with E-state index in [0.29, 0.717) is 12.3 Å². The number of ether oxygens (including phenoxy) is 2. The van der Waals surface area contributed by atoms with Gasteiger partial charge in [-0.2, -0.15) is 5.26 Å².